The summed E-state index contributed by atoms with van der Waals surface area (Å²) in [4.78, 5) is 12.8. The van der Waals surface area contributed by atoms with Gasteiger partial charge in [-0.15, -0.1) is 0 Å². The SMILES string of the molecule is CC[C@@H](C(=O)O)N(C)c1ccc(C)c(Cl)c1. The molecule has 0 heterocycles. The Balaban J connectivity index is 2.99. The van der Waals surface area contributed by atoms with Gasteiger partial charge in [-0.25, -0.2) is 4.79 Å². The number of carboxylic acids is 1. The minimum Gasteiger partial charge on any atom is -0.480 e. The van der Waals surface area contributed by atoms with Gasteiger partial charge in [-0.2, -0.15) is 0 Å². The number of rotatable bonds is 4. The third-order valence-electron chi connectivity index (χ3n) is 2.70. The summed E-state index contributed by atoms with van der Waals surface area (Å²) in [6.07, 6.45) is 0.553. The summed E-state index contributed by atoms with van der Waals surface area (Å²) in [7, 11) is 1.77. The van der Waals surface area contributed by atoms with Crippen LogP contribution in [0.1, 0.15) is 18.9 Å². The predicted molar refractivity (Wildman–Crippen MR) is 66.3 cm³/mol. The second-order valence-electron chi connectivity index (χ2n) is 3.81. The number of carbonyl (C=O) groups is 1. The van der Waals surface area contributed by atoms with Crippen LogP contribution in [0.4, 0.5) is 5.69 Å². The van der Waals surface area contributed by atoms with Crippen molar-refractivity contribution in [2.24, 2.45) is 0 Å². The maximum absolute atomic E-state index is 11.0. The van der Waals surface area contributed by atoms with E-state index < -0.39 is 12.0 Å². The predicted octanol–water partition coefficient (Wildman–Crippen LogP) is 2.95. The zero-order valence-corrected chi connectivity index (χ0v) is 10.5. The van der Waals surface area contributed by atoms with Crippen molar-refractivity contribution in [1.29, 1.82) is 0 Å². The molecule has 0 aliphatic rings. The first-order valence-electron chi connectivity index (χ1n) is 5.19. The van der Waals surface area contributed by atoms with Gasteiger partial charge in [-0.1, -0.05) is 24.6 Å². The Bertz CT molecular complexity index is 393. The third kappa shape index (κ3) is 2.67. The Morgan fingerprint density at radius 1 is 1.56 bits per heavy atom. The molecule has 0 spiro atoms. The lowest BCUT2D eigenvalue weighted by atomic mass is 10.1. The molecule has 0 bridgehead atoms. The number of hydrogen-bond donors (Lipinski definition) is 1. The fourth-order valence-electron chi connectivity index (χ4n) is 1.60. The minimum atomic E-state index is -0.818. The number of carboxylic acid groups (broad SMARTS) is 1. The van der Waals surface area contributed by atoms with Crippen LogP contribution in [0.3, 0.4) is 0 Å². The topological polar surface area (TPSA) is 40.5 Å². The normalized spacial score (nSPS) is 12.2. The van der Waals surface area contributed by atoms with E-state index in [-0.39, 0.29) is 0 Å². The maximum Gasteiger partial charge on any atom is 0.326 e. The third-order valence-corrected chi connectivity index (χ3v) is 3.11. The van der Waals surface area contributed by atoms with Crippen molar-refractivity contribution in [2.45, 2.75) is 26.3 Å². The molecule has 0 radical (unpaired) electrons. The average molecular weight is 242 g/mol. The average Bonchev–Trinajstić information content (AvgIpc) is 2.22. The summed E-state index contributed by atoms with van der Waals surface area (Å²) in [6, 6.07) is 5.05. The minimum absolute atomic E-state index is 0.515. The number of benzene rings is 1. The van der Waals surface area contributed by atoms with Crippen LogP contribution in [0.25, 0.3) is 0 Å². The van der Waals surface area contributed by atoms with Crippen LogP contribution in [0.2, 0.25) is 5.02 Å². The molecule has 1 atom stereocenters. The molecule has 0 aromatic heterocycles. The number of nitrogens with zero attached hydrogens (tertiary/aromatic N) is 1. The van der Waals surface area contributed by atoms with E-state index in [1.165, 1.54) is 0 Å². The summed E-state index contributed by atoms with van der Waals surface area (Å²) in [6.45, 7) is 3.77. The monoisotopic (exact) mass is 241 g/mol. The molecule has 0 saturated heterocycles. The van der Waals surface area contributed by atoms with Crippen molar-refractivity contribution >= 4 is 23.3 Å². The number of halogens is 1. The highest BCUT2D eigenvalue weighted by Gasteiger charge is 2.20. The van der Waals surface area contributed by atoms with Gasteiger partial charge in [0.1, 0.15) is 6.04 Å². The van der Waals surface area contributed by atoms with Crippen LogP contribution in [0, 0.1) is 6.92 Å². The fraction of sp³-hybridized carbons (Fsp3) is 0.417. The molecule has 4 heteroatoms. The lowest BCUT2D eigenvalue weighted by molar-refractivity contribution is -0.138. The molecule has 88 valence electrons. The number of hydrogen-bond acceptors (Lipinski definition) is 2. The molecule has 0 fully saturated rings. The largest absolute Gasteiger partial charge is 0.480 e. The second-order valence-corrected chi connectivity index (χ2v) is 4.21. The van der Waals surface area contributed by atoms with Crippen LogP contribution >= 0.6 is 11.6 Å². The highest BCUT2D eigenvalue weighted by molar-refractivity contribution is 6.31. The van der Waals surface area contributed by atoms with E-state index in [1.807, 2.05) is 26.0 Å². The molecule has 0 saturated carbocycles. The molecule has 0 aliphatic heterocycles. The van der Waals surface area contributed by atoms with Crippen molar-refractivity contribution in [3.63, 3.8) is 0 Å². The molecular weight excluding hydrogens is 226 g/mol. The van der Waals surface area contributed by atoms with E-state index in [9.17, 15) is 4.79 Å². The molecular formula is C12H16ClNO2. The molecule has 0 aliphatic carbocycles. The lowest BCUT2D eigenvalue weighted by Crippen LogP contribution is -2.37. The molecule has 1 N–H and O–H groups in total. The van der Waals surface area contributed by atoms with E-state index in [2.05, 4.69) is 0 Å². The van der Waals surface area contributed by atoms with E-state index >= 15 is 0 Å². The summed E-state index contributed by atoms with van der Waals surface area (Å²) in [5, 5.41) is 9.71. The van der Waals surface area contributed by atoms with E-state index in [0.29, 0.717) is 11.4 Å². The number of anilines is 1. The smallest absolute Gasteiger partial charge is 0.326 e. The summed E-state index contributed by atoms with van der Waals surface area (Å²) in [5.41, 5.74) is 1.81. The standard InChI is InChI=1S/C12H16ClNO2/c1-4-11(12(15)16)14(3)9-6-5-8(2)10(13)7-9/h5-7,11H,4H2,1-3H3,(H,15,16)/t11-/m0/s1. The van der Waals surface area contributed by atoms with Crippen molar-refractivity contribution in [1.82, 2.24) is 0 Å². The van der Waals surface area contributed by atoms with Crippen molar-refractivity contribution in [3.05, 3.63) is 28.8 Å². The molecule has 0 amide bonds. The molecule has 1 rings (SSSR count). The Hall–Kier alpha value is -1.22. The molecule has 0 unspecified atom stereocenters. The van der Waals surface area contributed by atoms with Gasteiger partial charge in [0.2, 0.25) is 0 Å². The maximum atomic E-state index is 11.0. The first-order valence-corrected chi connectivity index (χ1v) is 5.57. The van der Waals surface area contributed by atoms with Crippen LogP contribution in [-0.2, 0) is 4.79 Å². The number of aryl methyl sites for hydroxylation is 1. The Labute approximate surface area is 101 Å². The number of likely N-dealkylation sites (N-methyl/N-ethyl adjacent to an activating group) is 1. The van der Waals surface area contributed by atoms with Gasteiger partial charge < -0.3 is 10.0 Å². The zero-order chi connectivity index (χ0) is 12.3. The van der Waals surface area contributed by atoms with Gasteiger partial charge in [0.15, 0.2) is 0 Å². The van der Waals surface area contributed by atoms with Gasteiger partial charge in [-0.05, 0) is 31.0 Å². The van der Waals surface area contributed by atoms with Gasteiger partial charge >= 0.3 is 5.97 Å². The number of aliphatic carboxylic acids is 1. The quantitative estimate of drug-likeness (QED) is 0.881. The zero-order valence-electron chi connectivity index (χ0n) is 9.70. The second kappa shape index (κ2) is 5.21. The van der Waals surface area contributed by atoms with Gasteiger partial charge in [0.25, 0.3) is 0 Å². The Morgan fingerprint density at radius 3 is 2.62 bits per heavy atom. The van der Waals surface area contributed by atoms with E-state index in [1.54, 1.807) is 18.0 Å². The molecule has 1 aromatic carbocycles. The van der Waals surface area contributed by atoms with Crippen LogP contribution in [0.5, 0.6) is 0 Å². The van der Waals surface area contributed by atoms with Gasteiger partial charge in [-0.3, -0.25) is 0 Å². The molecule has 1 aromatic rings. The highest BCUT2D eigenvalue weighted by Crippen LogP contribution is 2.24. The van der Waals surface area contributed by atoms with E-state index in [4.69, 9.17) is 16.7 Å². The fourth-order valence-corrected chi connectivity index (χ4v) is 1.77. The van der Waals surface area contributed by atoms with Crippen LogP contribution in [-0.4, -0.2) is 24.2 Å². The van der Waals surface area contributed by atoms with Crippen LogP contribution in [0.15, 0.2) is 18.2 Å². The summed E-state index contributed by atoms with van der Waals surface area (Å²) in [5.74, 6) is -0.818. The van der Waals surface area contributed by atoms with Crippen molar-refractivity contribution in [2.75, 3.05) is 11.9 Å². The van der Waals surface area contributed by atoms with Crippen molar-refractivity contribution in [3.8, 4) is 0 Å². The molecule has 16 heavy (non-hydrogen) atoms. The Morgan fingerprint density at radius 2 is 2.19 bits per heavy atom. The Kier molecular flexibility index (Phi) is 4.19. The first kappa shape index (κ1) is 12.8. The van der Waals surface area contributed by atoms with Crippen molar-refractivity contribution < 1.29 is 9.90 Å². The lowest BCUT2D eigenvalue weighted by Gasteiger charge is -2.26. The summed E-state index contributed by atoms with van der Waals surface area (Å²) < 4.78 is 0. The van der Waals surface area contributed by atoms with Crippen LogP contribution < -0.4 is 4.90 Å². The molecule has 3 nitrogen and oxygen atoms in total. The van der Waals surface area contributed by atoms with Gasteiger partial charge in [0, 0.05) is 17.8 Å². The highest BCUT2D eigenvalue weighted by atomic mass is 35.5. The van der Waals surface area contributed by atoms with E-state index in [0.717, 1.165) is 11.3 Å². The first-order chi connectivity index (χ1) is 7.47. The van der Waals surface area contributed by atoms with Gasteiger partial charge in [0.05, 0.1) is 0 Å². The summed E-state index contributed by atoms with van der Waals surface area (Å²) >= 11 is 6.01.